The van der Waals surface area contributed by atoms with Gasteiger partial charge in [0.1, 0.15) is 18.1 Å². The van der Waals surface area contributed by atoms with Crippen molar-refractivity contribution in [3.63, 3.8) is 0 Å². The number of primary amides is 1. The van der Waals surface area contributed by atoms with Crippen molar-refractivity contribution in [3.05, 3.63) is 48.0 Å². The summed E-state index contributed by atoms with van der Waals surface area (Å²) in [7, 11) is 0. The predicted octanol–water partition coefficient (Wildman–Crippen LogP) is -0.461. The van der Waals surface area contributed by atoms with E-state index in [-0.39, 0.29) is 18.7 Å². The van der Waals surface area contributed by atoms with E-state index in [1.165, 1.54) is 0 Å². The van der Waals surface area contributed by atoms with E-state index in [2.05, 4.69) is 22.5 Å². The molecular weight excluding hydrogens is 348 g/mol. The van der Waals surface area contributed by atoms with Crippen LogP contribution in [0.2, 0.25) is 0 Å². The van der Waals surface area contributed by atoms with Crippen LogP contribution in [0.3, 0.4) is 0 Å². The molecule has 1 saturated heterocycles. The molecule has 5 N–H and O–H groups in total. The second-order valence-electron chi connectivity index (χ2n) is 6.70. The minimum Gasteiger partial charge on any atom is -0.368 e. The van der Waals surface area contributed by atoms with Crippen molar-refractivity contribution >= 4 is 23.6 Å². The highest BCUT2D eigenvalue weighted by molar-refractivity contribution is 5.99. The van der Waals surface area contributed by atoms with Crippen molar-refractivity contribution in [1.29, 1.82) is 0 Å². The minimum atomic E-state index is -0.997. The van der Waals surface area contributed by atoms with Gasteiger partial charge in [-0.25, -0.2) is 0 Å². The summed E-state index contributed by atoms with van der Waals surface area (Å²) in [5, 5.41) is 7.68. The Hall–Kier alpha value is -3.16. The van der Waals surface area contributed by atoms with Crippen LogP contribution in [-0.2, 0) is 25.6 Å². The monoisotopic (exact) mass is 372 g/mol. The topological polar surface area (TPSA) is 130 Å². The van der Waals surface area contributed by atoms with E-state index in [1.54, 1.807) is 6.92 Å². The fourth-order valence-corrected chi connectivity index (χ4v) is 2.82. The first kappa shape index (κ1) is 20.2. The lowest BCUT2D eigenvalue weighted by Crippen LogP contribution is -2.63. The molecule has 3 atom stereocenters. The van der Waals surface area contributed by atoms with Crippen molar-refractivity contribution in [3.8, 4) is 0 Å². The molecule has 0 radical (unpaired) electrons. The maximum Gasteiger partial charge on any atom is 0.243 e. The Labute approximate surface area is 157 Å². The van der Waals surface area contributed by atoms with Crippen LogP contribution in [0, 0.1) is 0 Å². The van der Waals surface area contributed by atoms with E-state index in [1.807, 2.05) is 30.3 Å². The molecule has 0 bridgehead atoms. The summed E-state index contributed by atoms with van der Waals surface area (Å²) < 4.78 is 0. The summed E-state index contributed by atoms with van der Waals surface area (Å²) in [5.41, 5.74) is 6.87. The zero-order valence-electron chi connectivity index (χ0n) is 15.2. The number of nitrogens with one attached hydrogen (secondary N) is 3. The Morgan fingerprint density at radius 1 is 1.15 bits per heavy atom. The molecule has 1 aromatic carbocycles. The van der Waals surface area contributed by atoms with Crippen LogP contribution in [-0.4, -0.2) is 41.8 Å². The Bertz CT molecular complexity index is 747. The molecule has 8 heteroatoms. The predicted molar refractivity (Wildman–Crippen MR) is 99.2 cm³/mol. The molecule has 0 aliphatic carbocycles. The van der Waals surface area contributed by atoms with E-state index in [4.69, 9.17) is 5.73 Å². The average molecular weight is 372 g/mol. The number of rotatable bonds is 8. The minimum absolute atomic E-state index is 0.212. The molecule has 8 nitrogen and oxygen atoms in total. The van der Waals surface area contributed by atoms with Crippen LogP contribution in [0.25, 0.3) is 0 Å². The van der Waals surface area contributed by atoms with Crippen LogP contribution in [0.15, 0.2) is 42.5 Å². The molecule has 4 amide bonds. The highest BCUT2D eigenvalue weighted by Gasteiger charge is 2.35. The number of benzene rings is 1. The molecule has 1 aliphatic heterocycles. The molecule has 27 heavy (non-hydrogen) atoms. The van der Waals surface area contributed by atoms with Crippen LogP contribution >= 0.6 is 0 Å². The third-order valence-electron chi connectivity index (χ3n) is 4.17. The summed E-state index contributed by atoms with van der Waals surface area (Å²) in [4.78, 5) is 48.1. The van der Waals surface area contributed by atoms with Crippen LogP contribution in [0.1, 0.15) is 25.3 Å². The summed E-state index contributed by atoms with van der Waals surface area (Å²) in [6, 6.07) is 6.71. The van der Waals surface area contributed by atoms with Crippen LogP contribution in [0.5, 0.6) is 0 Å². The zero-order chi connectivity index (χ0) is 20.0. The summed E-state index contributed by atoms with van der Waals surface area (Å²) in [5.74, 6) is -2.04. The molecule has 0 saturated carbocycles. The maximum absolute atomic E-state index is 12.3. The summed E-state index contributed by atoms with van der Waals surface area (Å²) in [6.45, 7) is 5.40. The fraction of sp³-hybridized carbons (Fsp3) is 0.368. The van der Waals surface area contributed by atoms with Gasteiger partial charge in [0.2, 0.25) is 23.6 Å². The van der Waals surface area contributed by atoms with Gasteiger partial charge in [-0.1, -0.05) is 35.9 Å². The average Bonchev–Trinajstić information content (AvgIpc) is 2.59. The number of hydrogen-bond donors (Lipinski definition) is 4. The van der Waals surface area contributed by atoms with Crippen LogP contribution in [0.4, 0.5) is 0 Å². The molecule has 0 aromatic heterocycles. The van der Waals surface area contributed by atoms with Gasteiger partial charge in [-0.05, 0) is 18.9 Å². The van der Waals surface area contributed by atoms with E-state index in [9.17, 15) is 19.2 Å². The molecule has 1 fully saturated rings. The molecule has 1 heterocycles. The van der Waals surface area contributed by atoms with Crippen molar-refractivity contribution in [1.82, 2.24) is 16.0 Å². The lowest BCUT2D eigenvalue weighted by atomic mass is 10.0. The summed E-state index contributed by atoms with van der Waals surface area (Å²) in [6.07, 6.45) is 0.290. The molecule has 1 aromatic rings. The third kappa shape index (κ3) is 5.95. The third-order valence-corrected chi connectivity index (χ3v) is 4.17. The number of carbonyl (C=O) groups excluding carboxylic acids is 4. The van der Waals surface area contributed by atoms with Crippen molar-refractivity contribution in [2.45, 2.75) is 44.3 Å². The molecule has 1 aliphatic rings. The SMILES string of the molecule is C=C(C)C[C@@H](NC(=O)C[C@@H]1NC(=O)[C@H](Cc2ccccc2)NC1=O)C(N)=O. The largest absolute Gasteiger partial charge is 0.368 e. The van der Waals surface area contributed by atoms with E-state index >= 15 is 0 Å². The first-order chi connectivity index (χ1) is 12.8. The van der Waals surface area contributed by atoms with Gasteiger partial charge in [0.25, 0.3) is 0 Å². The molecule has 2 rings (SSSR count). The molecular formula is C19H24N4O4. The Balaban J connectivity index is 1.92. The van der Waals surface area contributed by atoms with Crippen LogP contribution < -0.4 is 21.7 Å². The Morgan fingerprint density at radius 3 is 2.33 bits per heavy atom. The highest BCUT2D eigenvalue weighted by atomic mass is 16.2. The first-order valence-corrected chi connectivity index (χ1v) is 8.64. The fourth-order valence-electron chi connectivity index (χ4n) is 2.82. The van der Waals surface area contributed by atoms with Gasteiger partial charge in [0, 0.05) is 6.42 Å². The normalized spacial score (nSPS) is 20.2. The number of hydrogen-bond acceptors (Lipinski definition) is 4. The van der Waals surface area contributed by atoms with Gasteiger partial charge in [-0.15, -0.1) is 6.58 Å². The standard InChI is InChI=1S/C19H24N4O4/c1-11(2)8-13(17(20)25)21-16(24)10-15-19(27)22-14(18(26)23-15)9-12-6-4-3-5-7-12/h3-7,13-15H,1,8-10H2,2H3,(H2,20,25)(H,21,24)(H,22,27)(H,23,26)/t13-,14+,15+/m1/s1. The molecule has 144 valence electrons. The summed E-state index contributed by atoms with van der Waals surface area (Å²) >= 11 is 0. The van der Waals surface area contributed by atoms with Gasteiger partial charge in [0.15, 0.2) is 0 Å². The van der Waals surface area contributed by atoms with E-state index in [0.717, 1.165) is 5.56 Å². The Morgan fingerprint density at radius 2 is 1.74 bits per heavy atom. The molecule has 0 spiro atoms. The number of nitrogens with two attached hydrogens (primary N) is 1. The second-order valence-corrected chi connectivity index (χ2v) is 6.70. The van der Waals surface area contributed by atoms with Crippen molar-refractivity contribution in [2.24, 2.45) is 5.73 Å². The lowest BCUT2D eigenvalue weighted by Gasteiger charge is -2.29. The quantitative estimate of drug-likeness (QED) is 0.460. The number of amides is 4. The number of carbonyl (C=O) groups is 4. The molecule has 0 unspecified atom stereocenters. The van der Waals surface area contributed by atoms with Crippen molar-refractivity contribution < 1.29 is 19.2 Å². The van der Waals surface area contributed by atoms with Crippen molar-refractivity contribution in [2.75, 3.05) is 0 Å². The van der Waals surface area contributed by atoms with Gasteiger partial charge in [-0.2, -0.15) is 0 Å². The van der Waals surface area contributed by atoms with Gasteiger partial charge >= 0.3 is 0 Å². The lowest BCUT2D eigenvalue weighted by molar-refractivity contribution is -0.138. The maximum atomic E-state index is 12.3. The second kappa shape index (κ2) is 8.98. The number of piperazine rings is 1. The Kier molecular flexibility index (Phi) is 6.70. The van der Waals surface area contributed by atoms with Gasteiger partial charge < -0.3 is 21.7 Å². The highest BCUT2D eigenvalue weighted by Crippen LogP contribution is 2.09. The smallest absolute Gasteiger partial charge is 0.243 e. The van der Waals surface area contributed by atoms with Gasteiger partial charge in [-0.3, -0.25) is 19.2 Å². The van der Waals surface area contributed by atoms with Gasteiger partial charge in [0.05, 0.1) is 6.42 Å². The van der Waals surface area contributed by atoms with E-state index < -0.39 is 35.8 Å². The first-order valence-electron chi connectivity index (χ1n) is 8.64. The van der Waals surface area contributed by atoms with E-state index in [0.29, 0.717) is 12.0 Å². The zero-order valence-corrected chi connectivity index (χ0v) is 15.2.